The van der Waals surface area contributed by atoms with Gasteiger partial charge in [0.15, 0.2) is 4.34 Å². The first-order valence-electron chi connectivity index (χ1n) is 7.10. The number of carbonyl (C=O) groups excluding carboxylic acids is 1. The highest BCUT2D eigenvalue weighted by Crippen LogP contribution is 2.40. The molecule has 22 heavy (non-hydrogen) atoms. The molecule has 3 rings (SSSR count). The molecule has 4 nitrogen and oxygen atoms in total. The fourth-order valence-corrected chi connectivity index (χ4v) is 4.41. The molecule has 1 amide bonds. The van der Waals surface area contributed by atoms with Gasteiger partial charge < -0.3 is 0 Å². The lowest BCUT2D eigenvalue weighted by Gasteiger charge is -2.15. The van der Waals surface area contributed by atoms with Gasteiger partial charge in [-0.25, -0.2) is 4.39 Å². The summed E-state index contributed by atoms with van der Waals surface area (Å²) in [6, 6.07) is 6.77. The number of carbonyl (C=O) groups is 1. The number of amides is 1. The van der Waals surface area contributed by atoms with Gasteiger partial charge in [0, 0.05) is 18.2 Å². The lowest BCUT2D eigenvalue weighted by Crippen LogP contribution is -2.30. The van der Waals surface area contributed by atoms with Gasteiger partial charge in [-0.15, -0.1) is 10.2 Å². The summed E-state index contributed by atoms with van der Waals surface area (Å²) < 4.78 is 13.8. The maximum absolute atomic E-state index is 13.0. The third-order valence-electron chi connectivity index (χ3n) is 3.47. The molecular weight excluding hydrogens is 321 g/mol. The molecule has 1 fully saturated rings. The monoisotopic (exact) mass is 337 g/mol. The molecule has 0 aliphatic heterocycles. The number of nitrogens with zero attached hydrogens (tertiary/aromatic N) is 3. The highest BCUT2D eigenvalue weighted by atomic mass is 32.2. The Bertz CT molecular complexity index is 670. The number of rotatable bonds is 5. The highest BCUT2D eigenvalue weighted by Gasteiger charge is 2.34. The van der Waals surface area contributed by atoms with E-state index < -0.39 is 0 Å². The van der Waals surface area contributed by atoms with Gasteiger partial charge in [0.25, 0.3) is 0 Å². The largest absolute Gasteiger partial charge is 0.284 e. The molecule has 1 saturated carbocycles. The van der Waals surface area contributed by atoms with E-state index in [1.54, 1.807) is 35.7 Å². The Balaban J connectivity index is 1.71. The van der Waals surface area contributed by atoms with Gasteiger partial charge in [0.05, 0.1) is 0 Å². The van der Waals surface area contributed by atoms with Gasteiger partial charge >= 0.3 is 0 Å². The fraction of sp³-hybridized carbons (Fsp3) is 0.400. The van der Waals surface area contributed by atoms with Crippen molar-refractivity contribution in [3.05, 3.63) is 35.6 Å². The minimum Gasteiger partial charge on any atom is -0.284 e. The second-order valence-corrected chi connectivity index (χ2v) is 7.83. The first-order chi connectivity index (χ1) is 10.5. The SMILES string of the molecule is CC(=O)N(c1nnc(S[C@H](C)c2ccc(F)cc2)s1)C1CC1. The molecule has 0 bridgehead atoms. The topological polar surface area (TPSA) is 46.1 Å². The van der Waals surface area contributed by atoms with E-state index in [0.29, 0.717) is 5.13 Å². The molecule has 1 heterocycles. The lowest BCUT2D eigenvalue weighted by atomic mass is 10.2. The number of hydrogen-bond acceptors (Lipinski definition) is 5. The number of thioether (sulfide) groups is 1. The van der Waals surface area contributed by atoms with Gasteiger partial charge in [-0.2, -0.15) is 0 Å². The number of benzene rings is 1. The zero-order valence-corrected chi connectivity index (χ0v) is 14.0. The van der Waals surface area contributed by atoms with E-state index in [4.69, 9.17) is 0 Å². The summed E-state index contributed by atoms with van der Waals surface area (Å²) >= 11 is 3.00. The number of anilines is 1. The summed E-state index contributed by atoms with van der Waals surface area (Å²) in [5, 5.41) is 9.15. The maximum atomic E-state index is 13.0. The van der Waals surface area contributed by atoms with E-state index in [2.05, 4.69) is 10.2 Å². The van der Waals surface area contributed by atoms with Crippen molar-refractivity contribution in [2.75, 3.05) is 4.90 Å². The quantitative estimate of drug-likeness (QED) is 0.610. The van der Waals surface area contributed by atoms with E-state index >= 15 is 0 Å². The van der Waals surface area contributed by atoms with Gasteiger partial charge in [-0.1, -0.05) is 35.2 Å². The van der Waals surface area contributed by atoms with Crippen LogP contribution in [0.3, 0.4) is 0 Å². The van der Waals surface area contributed by atoms with Crippen molar-refractivity contribution in [1.82, 2.24) is 10.2 Å². The van der Waals surface area contributed by atoms with Crippen LogP contribution in [0, 0.1) is 5.82 Å². The van der Waals surface area contributed by atoms with E-state index in [1.165, 1.54) is 23.5 Å². The van der Waals surface area contributed by atoms with Crippen LogP contribution in [0.15, 0.2) is 28.6 Å². The van der Waals surface area contributed by atoms with Crippen LogP contribution in [0.1, 0.15) is 37.5 Å². The Morgan fingerprint density at radius 1 is 1.36 bits per heavy atom. The van der Waals surface area contributed by atoms with Crippen molar-refractivity contribution in [2.45, 2.75) is 42.3 Å². The molecule has 2 aromatic rings. The van der Waals surface area contributed by atoms with Gasteiger partial charge in [-0.05, 0) is 37.5 Å². The van der Waals surface area contributed by atoms with Crippen molar-refractivity contribution in [3.8, 4) is 0 Å². The summed E-state index contributed by atoms with van der Waals surface area (Å²) in [6.45, 7) is 3.61. The van der Waals surface area contributed by atoms with Crippen LogP contribution < -0.4 is 4.90 Å². The lowest BCUT2D eigenvalue weighted by molar-refractivity contribution is -0.116. The van der Waals surface area contributed by atoms with Crippen molar-refractivity contribution in [1.29, 1.82) is 0 Å². The summed E-state index contributed by atoms with van der Waals surface area (Å²) in [6.07, 6.45) is 2.07. The Kier molecular flexibility index (Phi) is 4.44. The molecule has 0 saturated heterocycles. The predicted octanol–water partition coefficient (Wildman–Crippen LogP) is 4.05. The van der Waals surface area contributed by atoms with Crippen LogP contribution in [0.2, 0.25) is 0 Å². The molecule has 1 atom stereocenters. The molecule has 0 spiro atoms. The third-order valence-corrected chi connectivity index (χ3v) is 5.64. The number of halogens is 1. The predicted molar refractivity (Wildman–Crippen MR) is 86.8 cm³/mol. The van der Waals surface area contributed by atoms with Crippen LogP contribution in [0.4, 0.5) is 9.52 Å². The Labute approximate surface area is 136 Å². The van der Waals surface area contributed by atoms with E-state index in [-0.39, 0.29) is 23.0 Å². The van der Waals surface area contributed by atoms with Crippen molar-refractivity contribution >= 4 is 34.1 Å². The minimum atomic E-state index is -0.235. The third kappa shape index (κ3) is 3.47. The molecule has 1 aromatic carbocycles. The van der Waals surface area contributed by atoms with Gasteiger partial charge in [0.1, 0.15) is 5.82 Å². The standard InChI is InChI=1S/C15H16FN3OS2/c1-9(11-3-5-12(16)6-4-11)21-15-18-17-14(22-15)19(10(2)20)13-7-8-13/h3-6,9,13H,7-8H2,1-2H3/t9-/m1/s1. The average Bonchev–Trinajstić information content (AvgIpc) is 3.19. The molecule has 0 unspecified atom stereocenters. The smallest absolute Gasteiger partial charge is 0.225 e. The maximum Gasteiger partial charge on any atom is 0.225 e. The Hall–Kier alpha value is -1.47. The van der Waals surface area contributed by atoms with E-state index in [0.717, 1.165) is 22.7 Å². The molecule has 1 aliphatic rings. The van der Waals surface area contributed by atoms with Crippen LogP contribution in [-0.4, -0.2) is 22.1 Å². The van der Waals surface area contributed by atoms with Gasteiger partial charge in [0.2, 0.25) is 11.0 Å². The average molecular weight is 337 g/mol. The summed E-state index contributed by atoms with van der Waals surface area (Å²) in [4.78, 5) is 13.5. The summed E-state index contributed by atoms with van der Waals surface area (Å²) in [5.41, 5.74) is 1.04. The summed E-state index contributed by atoms with van der Waals surface area (Å²) in [7, 11) is 0. The minimum absolute atomic E-state index is 0.0155. The Morgan fingerprint density at radius 3 is 2.64 bits per heavy atom. The molecule has 116 valence electrons. The zero-order chi connectivity index (χ0) is 15.7. The second-order valence-electron chi connectivity index (χ2n) is 5.28. The molecular formula is C15H16FN3OS2. The normalized spacial score (nSPS) is 15.6. The van der Waals surface area contributed by atoms with Crippen LogP contribution in [0.5, 0.6) is 0 Å². The van der Waals surface area contributed by atoms with Crippen LogP contribution in [-0.2, 0) is 4.79 Å². The van der Waals surface area contributed by atoms with Crippen molar-refractivity contribution < 1.29 is 9.18 Å². The van der Waals surface area contributed by atoms with Crippen molar-refractivity contribution in [2.24, 2.45) is 0 Å². The molecule has 1 aliphatic carbocycles. The Morgan fingerprint density at radius 2 is 2.05 bits per heavy atom. The van der Waals surface area contributed by atoms with E-state index in [1.807, 2.05) is 6.92 Å². The number of hydrogen-bond donors (Lipinski definition) is 0. The fourth-order valence-electron chi connectivity index (χ4n) is 2.18. The first kappa shape index (κ1) is 15.4. The van der Waals surface area contributed by atoms with Gasteiger partial charge in [-0.3, -0.25) is 9.69 Å². The zero-order valence-electron chi connectivity index (χ0n) is 12.3. The molecule has 0 radical (unpaired) electrons. The summed E-state index contributed by atoms with van der Waals surface area (Å²) in [5.74, 6) is -0.220. The van der Waals surface area contributed by atoms with Crippen LogP contribution in [0.25, 0.3) is 0 Å². The second kappa shape index (κ2) is 6.34. The molecule has 7 heteroatoms. The molecule has 0 N–H and O–H groups in total. The van der Waals surface area contributed by atoms with E-state index in [9.17, 15) is 9.18 Å². The molecule has 1 aromatic heterocycles. The van der Waals surface area contributed by atoms with Crippen molar-refractivity contribution in [3.63, 3.8) is 0 Å². The first-order valence-corrected chi connectivity index (χ1v) is 8.79. The van der Waals surface area contributed by atoms with Crippen LogP contribution >= 0.6 is 23.1 Å². The highest BCUT2D eigenvalue weighted by molar-refractivity contribution is 8.01. The number of aromatic nitrogens is 2.